The third-order valence-electron chi connectivity index (χ3n) is 3.60. The van der Waals surface area contributed by atoms with Crippen LogP contribution in [0.25, 0.3) is 0 Å². The molecule has 0 aromatic carbocycles. The average Bonchev–Trinajstić information content (AvgIpc) is 2.96. The number of hydrogen-bond donors (Lipinski definition) is 2. The number of amides is 1. The molecule has 1 aliphatic carbocycles. The summed E-state index contributed by atoms with van der Waals surface area (Å²) in [4.78, 5) is 16.1. The van der Waals surface area contributed by atoms with Gasteiger partial charge in [0.15, 0.2) is 0 Å². The van der Waals surface area contributed by atoms with Gasteiger partial charge in [0.1, 0.15) is 5.69 Å². The fourth-order valence-electron chi connectivity index (χ4n) is 2.44. The van der Waals surface area contributed by atoms with Gasteiger partial charge in [0.05, 0.1) is 11.9 Å². The van der Waals surface area contributed by atoms with E-state index in [-0.39, 0.29) is 5.91 Å². The molecule has 1 heterocycles. The molecule has 4 heteroatoms. The second-order valence-corrected chi connectivity index (χ2v) is 5.22. The van der Waals surface area contributed by atoms with Crippen molar-refractivity contribution in [3.63, 3.8) is 0 Å². The molecule has 1 aliphatic rings. The average molecular weight is 261 g/mol. The van der Waals surface area contributed by atoms with Crippen LogP contribution in [0.2, 0.25) is 0 Å². The first kappa shape index (κ1) is 13.8. The number of hydrogen-bond acceptors (Lipinski definition) is 3. The Bertz CT molecular complexity index is 396. The Morgan fingerprint density at radius 3 is 2.79 bits per heavy atom. The molecule has 0 bridgehead atoms. The Morgan fingerprint density at radius 1 is 1.37 bits per heavy atom. The van der Waals surface area contributed by atoms with Crippen molar-refractivity contribution >= 4 is 11.6 Å². The van der Waals surface area contributed by atoms with Crippen LogP contribution in [0.1, 0.15) is 49.5 Å². The van der Waals surface area contributed by atoms with Crippen LogP contribution in [0, 0.1) is 5.92 Å². The summed E-state index contributed by atoms with van der Waals surface area (Å²) in [5, 5.41) is 6.22. The van der Waals surface area contributed by atoms with Crippen LogP contribution in [0.15, 0.2) is 18.3 Å². The highest BCUT2D eigenvalue weighted by atomic mass is 16.1. The Kier molecular flexibility index (Phi) is 5.19. The lowest BCUT2D eigenvalue weighted by Gasteiger charge is -2.10. The zero-order valence-electron chi connectivity index (χ0n) is 11.6. The first-order chi connectivity index (χ1) is 9.29. The van der Waals surface area contributed by atoms with Gasteiger partial charge in [-0.1, -0.05) is 19.8 Å². The zero-order valence-corrected chi connectivity index (χ0v) is 11.6. The highest BCUT2D eigenvalue weighted by molar-refractivity contribution is 5.92. The molecule has 104 valence electrons. The molecule has 1 saturated carbocycles. The number of pyridine rings is 1. The second-order valence-electron chi connectivity index (χ2n) is 5.22. The van der Waals surface area contributed by atoms with Gasteiger partial charge < -0.3 is 10.6 Å². The molecule has 1 aromatic rings. The number of nitrogens with zero attached hydrogens (tertiary/aromatic N) is 1. The minimum atomic E-state index is -0.0612. The molecule has 1 fully saturated rings. The first-order valence-electron chi connectivity index (χ1n) is 7.27. The van der Waals surface area contributed by atoms with Crippen LogP contribution in [-0.4, -0.2) is 24.0 Å². The van der Waals surface area contributed by atoms with Crippen molar-refractivity contribution < 1.29 is 4.79 Å². The molecule has 2 N–H and O–H groups in total. The van der Waals surface area contributed by atoms with E-state index in [0.717, 1.165) is 25.2 Å². The van der Waals surface area contributed by atoms with E-state index in [1.165, 1.54) is 25.7 Å². The van der Waals surface area contributed by atoms with Crippen molar-refractivity contribution in [3.8, 4) is 0 Å². The van der Waals surface area contributed by atoms with Crippen LogP contribution in [0.5, 0.6) is 0 Å². The molecule has 0 spiro atoms. The van der Waals surface area contributed by atoms with E-state index in [2.05, 4.69) is 22.5 Å². The monoisotopic (exact) mass is 261 g/mol. The predicted octanol–water partition coefficient (Wildman–Crippen LogP) is 2.82. The lowest BCUT2D eigenvalue weighted by Crippen LogP contribution is -2.28. The summed E-state index contributed by atoms with van der Waals surface area (Å²) in [5.74, 6) is 0.600. The number of carbonyl (C=O) groups excluding carboxylic acids is 1. The van der Waals surface area contributed by atoms with Gasteiger partial charge in [0.2, 0.25) is 0 Å². The van der Waals surface area contributed by atoms with E-state index in [9.17, 15) is 4.79 Å². The number of aromatic nitrogens is 1. The normalized spacial score (nSPS) is 15.4. The van der Waals surface area contributed by atoms with E-state index in [0.29, 0.717) is 11.6 Å². The molecular formula is C15H23N3O. The van der Waals surface area contributed by atoms with E-state index >= 15 is 0 Å². The number of rotatable bonds is 6. The smallest absolute Gasteiger partial charge is 0.269 e. The lowest BCUT2D eigenvalue weighted by molar-refractivity contribution is 0.0942. The lowest BCUT2D eigenvalue weighted by atomic mass is 10.1. The van der Waals surface area contributed by atoms with Gasteiger partial charge in [-0.05, 0) is 37.3 Å². The van der Waals surface area contributed by atoms with Crippen LogP contribution >= 0.6 is 0 Å². The largest absolute Gasteiger partial charge is 0.384 e. The third kappa shape index (κ3) is 4.23. The fraction of sp³-hybridized carbons (Fsp3) is 0.600. The highest BCUT2D eigenvalue weighted by Crippen LogP contribution is 2.23. The maximum atomic E-state index is 11.9. The van der Waals surface area contributed by atoms with Gasteiger partial charge in [-0.15, -0.1) is 0 Å². The van der Waals surface area contributed by atoms with Crippen molar-refractivity contribution in [3.05, 3.63) is 24.0 Å². The molecule has 4 nitrogen and oxygen atoms in total. The Hall–Kier alpha value is -1.58. The van der Waals surface area contributed by atoms with Crippen molar-refractivity contribution in [2.75, 3.05) is 18.4 Å². The minimum absolute atomic E-state index is 0.0612. The quantitative estimate of drug-likeness (QED) is 0.828. The second kappa shape index (κ2) is 7.12. The van der Waals surface area contributed by atoms with Crippen molar-refractivity contribution in [1.29, 1.82) is 0 Å². The van der Waals surface area contributed by atoms with Gasteiger partial charge in [-0.25, -0.2) is 4.98 Å². The summed E-state index contributed by atoms with van der Waals surface area (Å²) >= 11 is 0. The Labute approximate surface area is 115 Å². The predicted molar refractivity (Wildman–Crippen MR) is 77.3 cm³/mol. The minimum Gasteiger partial charge on any atom is -0.384 e. The summed E-state index contributed by atoms with van der Waals surface area (Å²) in [6.45, 7) is 3.83. The van der Waals surface area contributed by atoms with Crippen molar-refractivity contribution in [1.82, 2.24) is 10.3 Å². The standard InChI is InChI=1S/C15H23N3O/c1-2-9-16-13-7-8-14(17-11-13)15(19)18-10-12-5-3-4-6-12/h7-8,11-12,16H,2-6,9-10H2,1H3,(H,18,19). The molecule has 1 amide bonds. The van der Waals surface area contributed by atoms with Gasteiger partial charge in [0.25, 0.3) is 5.91 Å². The van der Waals surface area contributed by atoms with Crippen LogP contribution in [0.4, 0.5) is 5.69 Å². The molecule has 0 aliphatic heterocycles. The Morgan fingerprint density at radius 2 is 2.16 bits per heavy atom. The molecule has 2 rings (SSSR count). The number of anilines is 1. The third-order valence-corrected chi connectivity index (χ3v) is 3.60. The van der Waals surface area contributed by atoms with E-state index in [1.807, 2.05) is 6.07 Å². The van der Waals surface area contributed by atoms with E-state index < -0.39 is 0 Å². The highest BCUT2D eigenvalue weighted by Gasteiger charge is 2.16. The van der Waals surface area contributed by atoms with Gasteiger partial charge >= 0.3 is 0 Å². The van der Waals surface area contributed by atoms with E-state index in [4.69, 9.17) is 0 Å². The maximum absolute atomic E-state index is 11.9. The van der Waals surface area contributed by atoms with Gasteiger partial charge in [-0.2, -0.15) is 0 Å². The molecule has 1 aromatic heterocycles. The van der Waals surface area contributed by atoms with E-state index in [1.54, 1.807) is 12.3 Å². The molecule has 0 unspecified atom stereocenters. The molecule has 0 atom stereocenters. The van der Waals surface area contributed by atoms with Crippen LogP contribution < -0.4 is 10.6 Å². The van der Waals surface area contributed by atoms with Crippen LogP contribution in [-0.2, 0) is 0 Å². The number of carbonyl (C=O) groups is 1. The van der Waals surface area contributed by atoms with Gasteiger partial charge in [0, 0.05) is 13.1 Å². The Balaban J connectivity index is 1.81. The summed E-state index contributed by atoms with van der Waals surface area (Å²) in [6, 6.07) is 3.69. The number of nitrogens with one attached hydrogen (secondary N) is 2. The topological polar surface area (TPSA) is 54.0 Å². The summed E-state index contributed by atoms with van der Waals surface area (Å²) in [7, 11) is 0. The molecule has 0 saturated heterocycles. The molecule has 0 radical (unpaired) electrons. The first-order valence-corrected chi connectivity index (χ1v) is 7.27. The fourth-order valence-corrected chi connectivity index (χ4v) is 2.44. The summed E-state index contributed by atoms with van der Waals surface area (Å²) in [6.07, 6.45) is 7.89. The van der Waals surface area contributed by atoms with Crippen LogP contribution in [0.3, 0.4) is 0 Å². The zero-order chi connectivity index (χ0) is 13.5. The maximum Gasteiger partial charge on any atom is 0.269 e. The molecular weight excluding hydrogens is 238 g/mol. The van der Waals surface area contributed by atoms with Gasteiger partial charge in [-0.3, -0.25) is 4.79 Å². The molecule has 19 heavy (non-hydrogen) atoms. The van der Waals surface area contributed by atoms with Crippen molar-refractivity contribution in [2.45, 2.75) is 39.0 Å². The summed E-state index contributed by atoms with van der Waals surface area (Å²) in [5.41, 5.74) is 1.47. The summed E-state index contributed by atoms with van der Waals surface area (Å²) < 4.78 is 0. The SMILES string of the molecule is CCCNc1ccc(C(=O)NCC2CCCC2)nc1. The van der Waals surface area contributed by atoms with Crippen molar-refractivity contribution in [2.24, 2.45) is 5.92 Å².